The summed E-state index contributed by atoms with van der Waals surface area (Å²) in [4.78, 5) is 13.9. The van der Waals surface area contributed by atoms with Crippen LogP contribution in [0.1, 0.15) is 17.4 Å². The lowest BCUT2D eigenvalue weighted by Crippen LogP contribution is -2.37. The Kier molecular flexibility index (Phi) is 5.41. The Morgan fingerprint density at radius 3 is 2.73 bits per heavy atom. The third-order valence-corrected chi connectivity index (χ3v) is 3.56. The smallest absolute Gasteiger partial charge is 0.320 e. The number of carbonyl (C=O) groups is 1. The van der Waals surface area contributed by atoms with Crippen molar-refractivity contribution in [2.45, 2.75) is 13.0 Å². The highest BCUT2D eigenvalue weighted by Crippen LogP contribution is 2.25. The van der Waals surface area contributed by atoms with E-state index in [1.54, 1.807) is 13.0 Å². The predicted molar refractivity (Wildman–Crippen MR) is 86.1 cm³/mol. The zero-order valence-corrected chi connectivity index (χ0v) is 13.5. The second-order valence-electron chi connectivity index (χ2n) is 5.16. The molecule has 2 amide bonds. The molecule has 0 aliphatic carbocycles. The molecule has 0 saturated carbocycles. The van der Waals surface area contributed by atoms with Crippen LogP contribution in [0.25, 0.3) is 0 Å². The van der Waals surface area contributed by atoms with Gasteiger partial charge in [-0.2, -0.15) is 0 Å². The summed E-state index contributed by atoms with van der Waals surface area (Å²) in [5.41, 5.74) is 0.965. The molecule has 6 nitrogen and oxygen atoms in total. The maximum Gasteiger partial charge on any atom is 0.320 e. The van der Waals surface area contributed by atoms with Gasteiger partial charge in [-0.05, 0) is 32.6 Å². The highest BCUT2D eigenvalue weighted by molar-refractivity contribution is 6.31. The van der Waals surface area contributed by atoms with E-state index in [1.807, 2.05) is 43.3 Å². The van der Waals surface area contributed by atoms with E-state index in [2.05, 4.69) is 15.8 Å². The molecule has 7 heteroatoms. The topological polar surface area (TPSA) is 70.4 Å². The van der Waals surface area contributed by atoms with Gasteiger partial charge in [0.25, 0.3) is 0 Å². The second kappa shape index (κ2) is 7.29. The zero-order chi connectivity index (χ0) is 16.1. The molecule has 1 heterocycles. The third-order valence-electron chi connectivity index (χ3n) is 3.21. The summed E-state index contributed by atoms with van der Waals surface area (Å²) in [5, 5.41) is 9.82. The number of hydrogen-bond donors (Lipinski definition) is 2. The molecular weight excluding hydrogens is 304 g/mol. The summed E-state index contributed by atoms with van der Waals surface area (Å²) < 4.78 is 4.90. The Morgan fingerprint density at radius 1 is 1.41 bits per heavy atom. The maximum absolute atomic E-state index is 11.9. The summed E-state index contributed by atoms with van der Waals surface area (Å²) in [6.07, 6.45) is 0. The molecule has 0 aliphatic heterocycles. The minimum Gasteiger partial charge on any atom is -0.360 e. The van der Waals surface area contributed by atoms with E-state index in [0.717, 1.165) is 5.56 Å². The summed E-state index contributed by atoms with van der Waals surface area (Å²) >= 11 is 6.23. The molecule has 0 radical (unpaired) electrons. The van der Waals surface area contributed by atoms with Crippen LogP contribution in [0.2, 0.25) is 5.02 Å². The van der Waals surface area contributed by atoms with Crippen LogP contribution < -0.4 is 10.6 Å². The number of halogens is 1. The Morgan fingerprint density at radius 2 is 2.14 bits per heavy atom. The Bertz CT molecular complexity index is 642. The van der Waals surface area contributed by atoms with Crippen molar-refractivity contribution in [3.05, 3.63) is 46.7 Å². The van der Waals surface area contributed by atoms with Crippen LogP contribution in [0.3, 0.4) is 0 Å². The second-order valence-corrected chi connectivity index (χ2v) is 5.57. The number of benzene rings is 1. The molecule has 1 atom stereocenters. The van der Waals surface area contributed by atoms with Gasteiger partial charge in [-0.3, -0.25) is 5.32 Å². The van der Waals surface area contributed by atoms with Crippen molar-refractivity contribution in [2.75, 3.05) is 26.0 Å². The minimum atomic E-state index is -0.341. The molecule has 1 aromatic heterocycles. The number of urea groups is 1. The van der Waals surface area contributed by atoms with E-state index in [0.29, 0.717) is 23.1 Å². The number of aromatic nitrogens is 1. The van der Waals surface area contributed by atoms with Crippen molar-refractivity contribution in [3.63, 3.8) is 0 Å². The number of nitrogens with zero attached hydrogens (tertiary/aromatic N) is 2. The monoisotopic (exact) mass is 322 g/mol. The number of amides is 2. The molecule has 2 N–H and O–H groups in total. The highest BCUT2D eigenvalue weighted by atomic mass is 35.5. The van der Waals surface area contributed by atoms with E-state index in [-0.39, 0.29) is 12.1 Å². The largest absolute Gasteiger partial charge is 0.360 e. The molecule has 0 spiro atoms. The maximum atomic E-state index is 11.9. The van der Waals surface area contributed by atoms with Crippen LogP contribution in [0.5, 0.6) is 0 Å². The van der Waals surface area contributed by atoms with Crippen molar-refractivity contribution in [3.8, 4) is 0 Å². The molecular formula is C15H19ClN4O2. The Hall–Kier alpha value is -2.05. The predicted octanol–water partition coefficient (Wildman–Crippen LogP) is 3.06. The normalized spacial score (nSPS) is 12.2. The van der Waals surface area contributed by atoms with Crippen LogP contribution in [0, 0.1) is 6.92 Å². The first kappa shape index (κ1) is 16.3. The number of nitrogens with one attached hydrogen (secondary N) is 2. The fraction of sp³-hybridized carbons (Fsp3) is 0.333. The molecule has 0 saturated heterocycles. The van der Waals surface area contributed by atoms with Crippen LogP contribution in [-0.2, 0) is 0 Å². The first-order chi connectivity index (χ1) is 10.5. The summed E-state index contributed by atoms with van der Waals surface area (Å²) in [6, 6.07) is 8.88. The van der Waals surface area contributed by atoms with Crippen LogP contribution in [0.15, 0.2) is 34.9 Å². The lowest BCUT2D eigenvalue weighted by atomic mass is 10.1. The zero-order valence-electron chi connectivity index (χ0n) is 12.8. The third kappa shape index (κ3) is 4.22. The number of rotatable bonds is 5. The molecule has 0 unspecified atom stereocenters. The number of hydrogen-bond acceptors (Lipinski definition) is 4. The van der Waals surface area contributed by atoms with Crippen molar-refractivity contribution in [1.29, 1.82) is 0 Å². The van der Waals surface area contributed by atoms with Gasteiger partial charge in [-0.25, -0.2) is 4.79 Å². The van der Waals surface area contributed by atoms with Crippen LogP contribution >= 0.6 is 11.6 Å². The van der Waals surface area contributed by atoms with Crippen molar-refractivity contribution < 1.29 is 9.32 Å². The van der Waals surface area contributed by atoms with Gasteiger partial charge < -0.3 is 14.7 Å². The van der Waals surface area contributed by atoms with Gasteiger partial charge in [0.1, 0.15) is 5.76 Å². The quantitative estimate of drug-likeness (QED) is 0.887. The molecule has 2 aromatic rings. The van der Waals surface area contributed by atoms with Crippen LogP contribution in [0.4, 0.5) is 10.6 Å². The molecule has 0 bridgehead atoms. The molecule has 0 fully saturated rings. The minimum absolute atomic E-state index is 0.0292. The summed E-state index contributed by atoms with van der Waals surface area (Å²) in [5.74, 6) is 1.02. The molecule has 2 rings (SSSR count). The Labute approximate surface area is 134 Å². The fourth-order valence-electron chi connectivity index (χ4n) is 2.09. The van der Waals surface area contributed by atoms with Gasteiger partial charge >= 0.3 is 6.03 Å². The lowest BCUT2D eigenvalue weighted by Gasteiger charge is -2.25. The van der Waals surface area contributed by atoms with Gasteiger partial charge in [0.2, 0.25) is 0 Å². The first-order valence-corrected chi connectivity index (χ1v) is 7.24. The standard InChI is InChI=1S/C15H19ClN4O2/c1-10-8-14(19-22-10)18-15(21)17-9-13(20(2)3)11-6-4-5-7-12(11)16/h4-8,13H,9H2,1-3H3,(H2,17,18,19,21)/t13-/m1/s1. The van der Waals surface area contributed by atoms with E-state index in [4.69, 9.17) is 16.1 Å². The van der Waals surface area contributed by atoms with E-state index in [9.17, 15) is 4.79 Å². The number of carbonyl (C=O) groups excluding carboxylic acids is 1. The fourth-order valence-corrected chi connectivity index (χ4v) is 2.35. The van der Waals surface area contributed by atoms with E-state index in [1.165, 1.54) is 0 Å². The van der Waals surface area contributed by atoms with Gasteiger partial charge in [-0.1, -0.05) is 35.0 Å². The van der Waals surface area contributed by atoms with Gasteiger partial charge in [-0.15, -0.1) is 0 Å². The molecule has 0 aliphatic rings. The average Bonchev–Trinajstić information content (AvgIpc) is 2.85. The SMILES string of the molecule is Cc1cc(NC(=O)NC[C@H](c2ccccc2Cl)N(C)C)no1. The summed E-state index contributed by atoms with van der Waals surface area (Å²) in [7, 11) is 3.88. The average molecular weight is 323 g/mol. The lowest BCUT2D eigenvalue weighted by molar-refractivity contribution is 0.243. The van der Waals surface area contributed by atoms with E-state index < -0.39 is 0 Å². The van der Waals surface area contributed by atoms with Crippen molar-refractivity contribution in [2.24, 2.45) is 0 Å². The Balaban J connectivity index is 1.97. The van der Waals surface area contributed by atoms with Gasteiger partial charge in [0, 0.05) is 17.6 Å². The van der Waals surface area contributed by atoms with Crippen LogP contribution in [-0.4, -0.2) is 36.7 Å². The number of aryl methyl sites for hydroxylation is 1. The van der Waals surface area contributed by atoms with E-state index >= 15 is 0 Å². The van der Waals surface area contributed by atoms with Crippen molar-refractivity contribution in [1.82, 2.24) is 15.4 Å². The number of likely N-dealkylation sites (N-methyl/N-ethyl adjacent to an activating group) is 1. The highest BCUT2D eigenvalue weighted by Gasteiger charge is 2.18. The molecule has 22 heavy (non-hydrogen) atoms. The van der Waals surface area contributed by atoms with Gasteiger partial charge in [0.15, 0.2) is 5.82 Å². The van der Waals surface area contributed by atoms with Crippen molar-refractivity contribution >= 4 is 23.4 Å². The number of anilines is 1. The first-order valence-electron chi connectivity index (χ1n) is 6.86. The molecule has 118 valence electrons. The summed E-state index contributed by atoms with van der Waals surface area (Å²) in [6.45, 7) is 2.18. The molecule has 1 aromatic carbocycles. The van der Waals surface area contributed by atoms with Gasteiger partial charge in [0.05, 0.1) is 6.04 Å².